The number of imidazole rings is 1. The van der Waals surface area contributed by atoms with Crippen LogP contribution in [0.3, 0.4) is 0 Å². The first-order valence-electron chi connectivity index (χ1n) is 11.1. The molecule has 0 unspecified atom stereocenters. The normalized spacial score (nSPS) is 10.5. The van der Waals surface area contributed by atoms with Crippen LogP contribution in [0.1, 0.15) is 9.67 Å². The molecular weight excluding hydrogens is 476 g/mol. The van der Waals surface area contributed by atoms with Crippen molar-refractivity contribution in [1.29, 1.82) is 0 Å². The maximum Gasteiger partial charge on any atom is 0.264 e. The van der Waals surface area contributed by atoms with Gasteiger partial charge in [0.1, 0.15) is 18.0 Å². The molecule has 0 atom stereocenters. The summed E-state index contributed by atoms with van der Waals surface area (Å²) in [5.41, 5.74) is 2.27. The van der Waals surface area contributed by atoms with Crippen LogP contribution in [0.15, 0.2) is 84.9 Å². The molecule has 0 fully saturated rings. The summed E-state index contributed by atoms with van der Waals surface area (Å²) in [7, 11) is 3.21. The molecule has 1 N–H and O–H groups in total. The number of aromatic nitrogens is 2. The van der Waals surface area contributed by atoms with Gasteiger partial charge in [-0.3, -0.25) is 19.5 Å². The summed E-state index contributed by atoms with van der Waals surface area (Å²) in [6.45, 7) is 3.81. The Hall–Kier alpha value is -4.37. The summed E-state index contributed by atoms with van der Waals surface area (Å²) in [5.74, 6) is 1.13. The van der Waals surface area contributed by atoms with Crippen molar-refractivity contribution < 1.29 is 19.1 Å². The van der Waals surface area contributed by atoms with Crippen LogP contribution in [0.2, 0.25) is 0 Å². The first kappa shape index (κ1) is 24.7. The van der Waals surface area contributed by atoms with Crippen LogP contribution in [0.4, 0.5) is 5.95 Å². The van der Waals surface area contributed by atoms with E-state index >= 15 is 0 Å². The van der Waals surface area contributed by atoms with Gasteiger partial charge >= 0.3 is 0 Å². The van der Waals surface area contributed by atoms with Crippen LogP contribution >= 0.6 is 11.3 Å². The van der Waals surface area contributed by atoms with E-state index in [-0.39, 0.29) is 24.9 Å². The number of methoxy groups -OCH3 is 2. The third kappa shape index (κ3) is 5.64. The zero-order valence-electron chi connectivity index (χ0n) is 20.0. The first-order chi connectivity index (χ1) is 17.5. The molecule has 36 heavy (non-hydrogen) atoms. The van der Waals surface area contributed by atoms with Crippen LogP contribution in [-0.2, 0) is 4.79 Å². The van der Waals surface area contributed by atoms with Crippen molar-refractivity contribution in [3.8, 4) is 28.4 Å². The van der Waals surface area contributed by atoms with Gasteiger partial charge in [-0.15, -0.1) is 17.9 Å². The number of carbonyl (C=O) groups excluding carboxylic acids is 2. The standard InChI is InChI=1S/C27H26N4O4S/c1-4-14-30(26(33)24-9-6-15-36-24)18-25(32)29-27-28-23(19-7-5-8-22(16-19)35-3)17-31(27)20-10-12-21(34-2)13-11-20/h4-13,15-17H,1,14,18H2,2-3H3,(H,28,29,32). The number of thiophene rings is 1. The molecule has 4 aromatic rings. The van der Waals surface area contributed by atoms with Crippen molar-refractivity contribution in [3.63, 3.8) is 0 Å². The van der Waals surface area contributed by atoms with E-state index < -0.39 is 0 Å². The van der Waals surface area contributed by atoms with Gasteiger partial charge in [0.25, 0.3) is 5.91 Å². The van der Waals surface area contributed by atoms with E-state index in [0.717, 1.165) is 11.3 Å². The number of hydrogen-bond donors (Lipinski definition) is 1. The highest BCUT2D eigenvalue weighted by atomic mass is 32.1. The lowest BCUT2D eigenvalue weighted by atomic mass is 10.1. The lowest BCUT2D eigenvalue weighted by Gasteiger charge is -2.20. The zero-order valence-corrected chi connectivity index (χ0v) is 20.8. The number of hydrogen-bond acceptors (Lipinski definition) is 6. The molecule has 184 valence electrons. The molecule has 2 amide bonds. The van der Waals surface area contributed by atoms with E-state index in [2.05, 4.69) is 16.9 Å². The lowest BCUT2D eigenvalue weighted by molar-refractivity contribution is -0.116. The van der Waals surface area contributed by atoms with Crippen molar-refractivity contribution >= 4 is 29.1 Å². The first-order valence-corrected chi connectivity index (χ1v) is 12.0. The van der Waals surface area contributed by atoms with Gasteiger partial charge in [0, 0.05) is 24.0 Å². The number of nitrogens with one attached hydrogen (secondary N) is 1. The second-order valence-electron chi connectivity index (χ2n) is 7.75. The van der Waals surface area contributed by atoms with Gasteiger partial charge in [0.15, 0.2) is 0 Å². The van der Waals surface area contributed by atoms with Crippen LogP contribution in [0.5, 0.6) is 11.5 Å². The van der Waals surface area contributed by atoms with E-state index in [1.807, 2.05) is 60.1 Å². The summed E-state index contributed by atoms with van der Waals surface area (Å²) >= 11 is 1.33. The number of ether oxygens (including phenoxy) is 2. The molecule has 0 aliphatic carbocycles. The Morgan fingerprint density at radius 3 is 2.53 bits per heavy atom. The molecule has 0 radical (unpaired) electrons. The van der Waals surface area contributed by atoms with Gasteiger partial charge in [-0.1, -0.05) is 24.3 Å². The molecule has 0 spiro atoms. The minimum Gasteiger partial charge on any atom is -0.497 e. The molecule has 2 aromatic carbocycles. The fourth-order valence-corrected chi connectivity index (χ4v) is 4.29. The molecular formula is C27H26N4O4S. The maximum atomic E-state index is 13.1. The van der Waals surface area contributed by atoms with E-state index in [1.165, 1.54) is 16.2 Å². The lowest BCUT2D eigenvalue weighted by Crippen LogP contribution is -2.38. The average molecular weight is 503 g/mol. The maximum absolute atomic E-state index is 13.1. The van der Waals surface area contributed by atoms with Crippen LogP contribution in [-0.4, -0.2) is 53.6 Å². The Kier molecular flexibility index (Phi) is 7.82. The SMILES string of the molecule is C=CCN(CC(=O)Nc1nc(-c2cccc(OC)c2)cn1-c1ccc(OC)cc1)C(=O)c1cccs1. The molecule has 2 aromatic heterocycles. The Bertz CT molecular complexity index is 1350. The summed E-state index contributed by atoms with van der Waals surface area (Å²) < 4.78 is 12.4. The van der Waals surface area contributed by atoms with E-state index in [4.69, 9.17) is 9.47 Å². The highest BCUT2D eigenvalue weighted by molar-refractivity contribution is 7.12. The fourth-order valence-electron chi connectivity index (χ4n) is 3.60. The molecule has 0 aliphatic rings. The molecule has 0 bridgehead atoms. The number of anilines is 1. The third-order valence-electron chi connectivity index (χ3n) is 5.38. The largest absolute Gasteiger partial charge is 0.497 e. The Balaban J connectivity index is 1.64. The van der Waals surface area contributed by atoms with Gasteiger partial charge in [-0.25, -0.2) is 4.98 Å². The van der Waals surface area contributed by atoms with Gasteiger partial charge in [0.2, 0.25) is 11.9 Å². The second kappa shape index (κ2) is 11.4. The van der Waals surface area contributed by atoms with Crippen molar-refractivity contribution in [3.05, 3.63) is 89.8 Å². The zero-order chi connectivity index (χ0) is 25.5. The van der Waals surface area contributed by atoms with Crippen molar-refractivity contribution in [2.75, 3.05) is 32.6 Å². The topological polar surface area (TPSA) is 85.7 Å². The van der Waals surface area contributed by atoms with Gasteiger partial charge in [-0.2, -0.15) is 0 Å². The quantitative estimate of drug-likeness (QED) is 0.312. The molecule has 0 saturated heterocycles. The van der Waals surface area contributed by atoms with Gasteiger partial charge in [0.05, 0.1) is 24.8 Å². The predicted octanol–water partition coefficient (Wildman–Crippen LogP) is 4.88. The van der Waals surface area contributed by atoms with Crippen molar-refractivity contribution in [1.82, 2.24) is 14.5 Å². The minimum atomic E-state index is -0.376. The van der Waals surface area contributed by atoms with Crippen LogP contribution in [0.25, 0.3) is 16.9 Å². The Labute approximate surface area is 213 Å². The van der Waals surface area contributed by atoms with Gasteiger partial charge < -0.3 is 14.4 Å². The van der Waals surface area contributed by atoms with E-state index in [9.17, 15) is 9.59 Å². The van der Waals surface area contributed by atoms with Crippen LogP contribution < -0.4 is 14.8 Å². The third-order valence-corrected chi connectivity index (χ3v) is 6.23. The highest BCUT2D eigenvalue weighted by Gasteiger charge is 2.21. The summed E-state index contributed by atoms with van der Waals surface area (Å²) in [4.78, 5) is 32.6. The van der Waals surface area contributed by atoms with E-state index in [0.29, 0.717) is 28.0 Å². The molecule has 8 nitrogen and oxygen atoms in total. The summed E-state index contributed by atoms with van der Waals surface area (Å²) in [6.07, 6.45) is 3.43. The Morgan fingerprint density at radius 1 is 1.08 bits per heavy atom. The monoisotopic (exact) mass is 502 g/mol. The van der Waals surface area contributed by atoms with E-state index in [1.54, 1.807) is 37.0 Å². The molecule has 9 heteroatoms. The van der Waals surface area contributed by atoms with Crippen molar-refractivity contribution in [2.45, 2.75) is 0 Å². The van der Waals surface area contributed by atoms with Crippen molar-refractivity contribution in [2.24, 2.45) is 0 Å². The molecule has 4 rings (SSSR count). The summed E-state index contributed by atoms with van der Waals surface area (Å²) in [6, 6.07) is 18.5. The molecule has 2 heterocycles. The summed E-state index contributed by atoms with van der Waals surface area (Å²) in [5, 5.41) is 4.70. The Morgan fingerprint density at radius 2 is 1.86 bits per heavy atom. The highest BCUT2D eigenvalue weighted by Crippen LogP contribution is 2.27. The average Bonchev–Trinajstić information content (AvgIpc) is 3.59. The molecule has 0 aliphatic heterocycles. The number of rotatable bonds is 10. The van der Waals surface area contributed by atoms with Gasteiger partial charge in [-0.05, 0) is 47.8 Å². The number of nitrogens with zero attached hydrogens (tertiary/aromatic N) is 3. The number of carbonyl (C=O) groups is 2. The minimum absolute atomic E-state index is 0.146. The van der Waals surface area contributed by atoms with Crippen LogP contribution in [0, 0.1) is 0 Å². The number of benzene rings is 2. The number of amides is 2. The fraction of sp³-hybridized carbons (Fsp3) is 0.148. The smallest absolute Gasteiger partial charge is 0.264 e. The molecule has 0 saturated carbocycles. The second-order valence-corrected chi connectivity index (χ2v) is 8.70. The predicted molar refractivity (Wildman–Crippen MR) is 141 cm³/mol.